The zero-order valence-corrected chi connectivity index (χ0v) is 14.4. The Balaban J connectivity index is 1.83. The molecule has 0 saturated heterocycles. The van der Waals surface area contributed by atoms with Gasteiger partial charge in [-0.05, 0) is 42.8 Å². The van der Waals surface area contributed by atoms with Crippen LogP contribution in [-0.4, -0.2) is 32.9 Å². The second kappa shape index (κ2) is 8.22. The maximum Gasteiger partial charge on any atom is 0.501 e. The molecule has 0 unspecified atom stereocenters. The first-order valence-electron chi connectivity index (χ1n) is 7.70. The van der Waals surface area contributed by atoms with E-state index >= 15 is 0 Å². The van der Waals surface area contributed by atoms with Gasteiger partial charge in [-0.1, -0.05) is 18.2 Å². The quantitative estimate of drug-likeness (QED) is 0.717. The van der Waals surface area contributed by atoms with Crippen LogP contribution in [0.1, 0.15) is 16.8 Å². The molecular formula is C17H17F3N2O3S. The van der Waals surface area contributed by atoms with Crippen LogP contribution in [-0.2, 0) is 9.84 Å². The van der Waals surface area contributed by atoms with E-state index in [4.69, 9.17) is 0 Å². The molecule has 0 aliphatic rings. The smallest absolute Gasteiger partial charge is 0.385 e. The van der Waals surface area contributed by atoms with Gasteiger partial charge >= 0.3 is 5.51 Å². The third-order valence-electron chi connectivity index (χ3n) is 3.47. The Labute approximate surface area is 149 Å². The SMILES string of the molecule is O=C(NCCCNc1ccccc1)c1ccc(S(=O)(=O)C(F)(F)F)cc1. The average Bonchev–Trinajstić information content (AvgIpc) is 2.61. The van der Waals surface area contributed by atoms with E-state index in [1.165, 1.54) is 0 Å². The Hall–Kier alpha value is -2.55. The van der Waals surface area contributed by atoms with Gasteiger partial charge in [0.15, 0.2) is 0 Å². The van der Waals surface area contributed by atoms with Crippen molar-refractivity contribution in [1.29, 1.82) is 0 Å². The van der Waals surface area contributed by atoms with Crippen LogP contribution in [0, 0.1) is 0 Å². The molecule has 0 aliphatic heterocycles. The fourth-order valence-electron chi connectivity index (χ4n) is 2.10. The number of nitrogens with one attached hydrogen (secondary N) is 2. The Morgan fingerprint density at radius 1 is 0.923 bits per heavy atom. The minimum atomic E-state index is -5.41. The van der Waals surface area contributed by atoms with Crippen molar-refractivity contribution in [3.63, 3.8) is 0 Å². The van der Waals surface area contributed by atoms with Gasteiger partial charge in [0, 0.05) is 24.3 Å². The van der Waals surface area contributed by atoms with Crippen LogP contribution in [0.15, 0.2) is 59.5 Å². The summed E-state index contributed by atoms with van der Waals surface area (Å²) in [4.78, 5) is 11.0. The lowest BCUT2D eigenvalue weighted by Crippen LogP contribution is -2.26. The third-order valence-corrected chi connectivity index (χ3v) is 4.98. The van der Waals surface area contributed by atoms with Crippen molar-refractivity contribution in [2.24, 2.45) is 0 Å². The van der Waals surface area contributed by atoms with Crippen LogP contribution in [0.25, 0.3) is 0 Å². The largest absolute Gasteiger partial charge is 0.501 e. The molecule has 2 N–H and O–H groups in total. The predicted molar refractivity (Wildman–Crippen MR) is 91.6 cm³/mol. The van der Waals surface area contributed by atoms with Gasteiger partial charge in [-0.15, -0.1) is 0 Å². The number of hydrogen-bond donors (Lipinski definition) is 2. The van der Waals surface area contributed by atoms with Crippen LogP contribution in [0.4, 0.5) is 18.9 Å². The number of para-hydroxylation sites is 1. The van der Waals surface area contributed by atoms with Crippen LogP contribution < -0.4 is 10.6 Å². The number of carbonyl (C=O) groups excluding carboxylic acids is 1. The molecule has 9 heteroatoms. The van der Waals surface area contributed by atoms with Crippen molar-refractivity contribution in [2.45, 2.75) is 16.8 Å². The van der Waals surface area contributed by atoms with Gasteiger partial charge in [-0.2, -0.15) is 13.2 Å². The van der Waals surface area contributed by atoms with Gasteiger partial charge in [0.1, 0.15) is 0 Å². The zero-order valence-electron chi connectivity index (χ0n) is 13.6. The average molecular weight is 386 g/mol. The van der Waals surface area contributed by atoms with Crippen LogP contribution in [0.5, 0.6) is 0 Å². The number of benzene rings is 2. The summed E-state index contributed by atoms with van der Waals surface area (Å²) in [5.74, 6) is -0.485. The van der Waals surface area contributed by atoms with Crippen LogP contribution >= 0.6 is 0 Å². The summed E-state index contributed by atoms with van der Waals surface area (Å²) < 4.78 is 59.9. The maximum atomic E-state index is 12.5. The number of rotatable bonds is 7. The molecule has 0 radical (unpaired) electrons. The molecular weight excluding hydrogens is 369 g/mol. The molecule has 0 heterocycles. The third kappa shape index (κ3) is 4.98. The van der Waals surface area contributed by atoms with Gasteiger partial charge in [-0.3, -0.25) is 4.79 Å². The topological polar surface area (TPSA) is 75.3 Å². The molecule has 26 heavy (non-hydrogen) atoms. The molecule has 0 saturated carbocycles. The fourth-order valence-corrected chi connectivity index (χ4v) is 2.86. The van der Waals surface area contributed by atoms with Gasteiger partial charge in [-0.25, -0.2) is 8.42 Å². The summed E-state index contributed by atoms with van der Waals surface area (Å²) in [5, 5.41) is 5.79. The molecule has 1 amide bonds. The Morgan fingerprint density at radius 2 is 1.54 bits per heavy atom. The molecule has 2 aromatic rings. The van der Waals surface area contributed by atoms with Crippen LogP contribution in [0.3, 0.4) is 0 Å². The number of alkyl halides is 3. The van der Waals surface area contributed by atoms with E-state index in [2.05, 4.69) is 10.6 Å². The van der Waals surface area contributed by atoms with Crippen molar-refractivity contribution >= 4 is 21.4 Å². The highest BCUT2D eigenvalue weighted by molar-refractivity contribution is 7.92. The first-order chi connectivity index (χ1) is 12.2. The predicted octanol–water partition coefficient (Wildman–Crippen LogP) is 3.21. The number of amides is 1. The summed E-state index contributed by atoms with van der Waals surface area (Å²) in [6.07, 6.45) is 0.640. The molecule has 2 rings (SSSR count). The van der Waals surface area contributed by atoms with E-state index in [1.54, 1.807) is 0 Å². The first-order valence-corrected chi connectivity index (χ1v) is 9.18. The number of sulfone groups is 1. The summed E-state index contributed by atoms with van der Waals surface area (Å²) in [7, 11) is -5.41. The minimum absolute atomic E-state index is 0.0853. The van der Waals surface area contributed by atoms with Gasteiger partial charge in [0.2, 0.25) is 0 Å². The Kier molecular flexibility index (Phi) is 6.25. The lowest BCUT2D eigenvalue weighted by molar-refractivity contribution is -0.0436. The number of halogens is 3. The van der Waals surface area contributed by atoms with E-state index in [1.807, 2.05) is 30.3 Å². The highest BCUT2D eigenvalue weighted by Crippen LogP contribution is 2.30. The zero-order chi connectivity index (χ0) is 19.2. The van der Waals surface area contributed by atoms with E-state index < -0.39 is 26.1 Å². The fraction of sp³-hybridized carbons (Fsp3) is 0.235. The standard InChI is InChI=1S/C17H17F3N2O3S/c18-17(19,20)26(24,25)15-9-7-13(8-10-15)16(23)22-12-4-11-21-14-5-2-1-3-6-14/h1-3,5-10,21H,4,11-12H2,(H,22,23). The second-order valence-corrected chi connectivity index (χ2v) is 7.32. The molecule has 0 aliphatic carbocycles. The van der Waals surface area contributed by atoms with Gasteiger partial charge < -0.3 is 10.6 Å². The molecule has 0 aromatic heterocycles. The minimum Gasteiger partial charge on any atom is -0.385 e. The lowest BCUT2D eigenvalue weighted by atomic mass is 10.2. The van der Waals surface area contributed by atoms with Crippen molar-refractivity contribution in [3.8, 4) is 0 Å². The summed E-state index contributed by atoms with van der Waals surface area (Å²) in [5.41, 5.74) is -4.33. The normalized spacial score (nSPS) is 11.8. The molecule has 2 aromatic carbocycles. The Bertz CT molecular complexity index is 836. The summed E-state index contributed by atoms with van der Waals surface area (Å²) in [6.45, 7) is 0.994. The highest BCUT2D eigenvalue weighted by Gasteiger charge is 2.46. The summed E-state index contributed by atoms with van der Waals surface area (Å²) in [6, 6.07) is 13.2. The molecule has 0 bridgehead atoms. The van der Waals surface area contributed by atoms with E-state index in [0.29, 0.717) is 19.5 Å². The van der Waals surface area contributed by atoms with Crippen LogP contribution in [0.2, 0.25) is 0 Å². The second-order valence-electron chi connectivity index (χ2n) is 5.38. The van der Waals surface area contributed by atoms with E-state index in [9.17, 15) is 26.4 Å². The summed E-state index contributed by atoms with van der Waals surface area (Å²) >= 11 is 0. The number of carbonyl (C=O) groups is 1. The first kappa shape index (κ1) is 19.8. The van der Waals surface area contributed by atoms with Crippen molar-refractivity contribution in [3.05, 3.63) is 60.2 Å². The number of anilines is 1. The van der Waals surface area contributed by atoms with E-state index in [0.717, 1.165) is 30.0 Å². The van der Waals surface area contributed by atoms with Crippen molar-refractivity contribution in [1.82, 2.24) is 5.32 Å². The molecule has 140 valence electrons. The number of hydrogen-bond acceptors (Lipinski definition) is 4. The molecule has 0 atom stereocenters. The maximum absolute atomic E-state index is 12.5. The van der Waals surface area contributed by atoms with Gasteiger partial charge in [0.25, 0.3) is 15.7 Å². The monoisotopic (exact) mass is 386 g/mol. The van der Waals surface area contributed by atoms with Crippen molar-refractivity contribution in [2.75, 3.05) is 18.4 Å². The molecule has 0 spiro atoms. The lowest BCUT2D eigenvalue weighted by Gasteiger charge is -2.09. The Morgan fingerprint density at radius 3 is 2.12 bits per heavy atom. The van der Waals surface area contributed by atoms with E-state index in [-0.39, 0.29) is 5.56 Å². The van der Waals surface area contributed by atoms with Gasteiger partial charge in [0.05, 0.1) is 4.90 Å². The molecule has 5 nitrogen and oxygen atoms in total. The molecule has 0 fully saturated rings. The van der Waals surface area contributed by atoms with Crippen molar-refractivity contribution < 1.29 is 26.4 Å². The highest BCUT2D eigenvalue weighted by atomic mass is 32.2.